The van der Waals surface area contributed by atoms with E-state index in [0.717, 1.165) is 44.9 Å². The van der Waals surface area contributed by atoms with Gasteiger partial charge in [-0.25, -0.2) is 0 Å². The summed E-state index contributed by atoms with van der Waals surface area (Å²) in [7, 11) is 0. The molecule has 0 spiro atoms. The molecule has 0 saturated heterocycles. The Morgan fingerprint density at radius 2 is 1.73 bits per heavy atom. The Morgan fingerprint density at radius 3 is 2.32 bits per heavy atom. The van der Waals surface area contributed by atoms with Crippen molar-refractivity contribution in [3.05, 3.63) is 11.6 Å². The molecule has 9 atom stereocenters. The molecule has 0 amide bonds. The van der Waals surface area contributed by atoms with Gasteiger partial charge in [-0.2, -0.15) is 0 Å². The summed E-state index contributed by atoms with van der Waals surface area (Å²) in [5, 5.41) is 20.6. The number of fused-ring (bicyclic) bond motifs is 5. The minimum Gasteiger partial charge on any atom is -0.462 e. The number of carbonyl (C=O) groups excluding carboxylic acids is 2. The summed E-state index contributed by atoms with van der Waals surface area (Å²) in [6.07, 6.45) is 8.83. The predicted octanol–water partition coefficient (Wildman–Crippen LogP) is 6.25. The van der Waals surface area contributed by atoms with E-state index in [-0.39, 0.29) is 40.0 Å². The lowest BCUT2D eigenvalue weighted by atomic mass is 9.40. The Bertz CT molecular complexity index is 959. The predicted molar refractivity (Wildman–Crippen MR) is 146 cm³/mol. The van der Waals surface area contributed by atoms with Gasteiger partial charge in [-0.05, 0) is 105 Å². The Morgan fingerprint density at radius 1 is 1.08 bits per heavy atom. The van der Waals surface area contributed by atoms with E-state index >= 15 is 0 Å². The second-order valence-corrected chi connectivity index (χ2v) is 15.1. The molecule has 4 aliphatic rings. The van der Waals surface area contributed by atoms with Gasteiger partial charge >= 0.3 is 5.97 Å². The number of ketones is 1. The van der Waals surface area contributed by atoms with E-state index in [1.54, 1.807) is 13.8 Å². The molecule has 0 aromatic carbocycles. The average molecular weight is 517 g/mol. The van der Waals surface area contributed by atoms with E-state index in [0.29, 0.717) is 24.2 Å². The van der Waals surface area contributed by atoms with Crippen molar-refractivity contribution in [1.29, 1.82) is 0 Å². The summed E-state index contributed by atoms with van der Waals surface area (Å²) < 4.78 is 5.75. The van der Waals surface area contributed by atoms with E-state index in [4.69, 9.17) is 4.74 Å². The summed E-state index contributed by atoms with van der Waals surface area (Å²) >= 11 is 0. The maximum Gasteiger partial charge on any atom is 0.302 e. The maximum absolute atomic E-state index is 14.0. The first-order valence-corrected chi connectivity index (χ1v) is 14.7. The molecular formula is C32H52O5. The maximum atomic E-state index is 14.0. The molecule has 0 aliphatic heterocycles. The quantitative estimate of drug-likeness (QED) is 0.408. The van der Waals surface area contributed by atoms with Crippen LogP contribution in [-0.2, 0) is 14.3 Å². The molecule has 0 heterocycles. The molecular weight excluding hydrogens is 464 g/mol. The number of esters is 1. The molecule has 37 heavy (non-hydrogen) atoms. The van der Waals surface area contributed by atoms with Crippen LogP contribution in [0.3, 0.4) is 0 Å². The molecule has 210 valence electrons. The van der Waals surface area contributed by atoms with Crippen LogP contribution in [0.4, 0.5) is 0 Å². The zero-order valence-corrected chi connectivity index (χ0v) is 24.8. The van der Waals surface area contributed by atoms with E-state index in [1.165, 1.54) is 12.5 Å². The average Bonchev–Trinajstić information content (AvgIpc) is 3.04. The van der Waals surface area contributed by atoms with Crippen molar-refractivity contribution in [3.8, 4) is 0 Å². The van der Waals surface area contributed by atoms with Crippen molar-refractivity contribution in [2.45, 2.75) is 131 Å². The summed E-state index contributed by atoms with van der Waals surface area (Å²) in [4.78, 5) is 25.8. The molecule has 0 bridgehead atoms. The number of hydrogen-bond acceptors (Lipinski definition) is 5. The van der Waals surface area contributed by atoms with Crippen molar-refractivity contribution in [1.82, 2.24) is 0 Å². The number of aliphatic hydroxyl groups is 2. The summed E-state index contributed by atoms with van der Waals surface area (Å²) in [6, 6.07) is 0. The Hall–Kier alpha value is -1.20. The molecule has 0 radical (unpaired) electrons. The Labute approximate surface area is 224 Å². The van der Waals surface area contributed by atoms with E-state index < -0.39 is 17.1 Å². The van der Waals surface area contributed by atoms with Crippen LogP contribution in [0.1, 0.15) is 114 Å². The highest BCUT2D eigenvalue weighted by Crippen LogP contribution is 2.73. The summed E-state index contributed by atoms with van der Waals surface area (Å²) in [5.41, 5.74) is -0.0995. The Balaban J connectivity index is 1.63. The highest BCUT2D eigenvalue weighted by atomic mass is 16.5. The number of ether oxygens (including phenoxy) is 1. The third kappa shape index (κ3) is 4.35. The Kier molecular flexibility index (Phi) is 7.15. The van der Waals surface area contributed by atoms with Crippen molar-refractivity contribution in [2.75, 3.05) is 0 Å². The van der Waals surface area contributed by atoms with E-state index in [9.17, 15) is 19.8 Å². The fourth-order valence-electron chi connectivity index (χ4n) is 9.92. The first-order valence-electron chi connectivity index (χ1n) is 14.7. The second kappa shape index (κ2) is 9.18. The molecule has 2 N–H and O–H groups in total. The van der Waals surface area contributed by atoms with Gasteiger partial charge in [0.05, 0.1) is 11.7 Å². The van der Waals surface area contributed by atoms with Gasteiger partial charge in [-0.15, -0.1) is 0 Å². The molecule has 5 nitrogen and oxygen atoms in total. The van der Waals surface area contributed by atoms with Gasteiger partial charge in [0.15, 0.2) is 5.78 Å². The minimum absolute atomic E-state index is 0.00970. The molecule has 3 fully saturated rings. The van der Waals surface area contributed by atoms with Crippen molar-refractivity contribution >= 4 is 11.8 Å². The lowest BCUT2D eigenvalue weighted by Gasteiger charge is -2.63. The van der Waals surface area contributed by atoms with Gasteiger partial charge in [0, 0.05) is 18.3 Å². The normalized spacial score (nSPS) is 42.7. The lowest BCUT2D eigenvalue weighted by molar-refractivity contribution is -0.178. The number of carbonyl (C=O) groups is 2. The molecule has 0 aromatic rings. The number of rotatable bonds is 6. The number of aliphatic hydroxyl groups excluding tert-OH is 1. The van der Waals surface area contributed by atoms with Gasteiger partial charge in [0.25, 0.3) is 0 Å². The molecule has 5 heteroatoms. The van der Waals surface area contributed by atoms with Crippen LogP contribution in [0, 0.1) is 45.3 Å². The largest absolute Gasteiger partial charge is 0.462 e. The zero-order chi connectivity index (χ0) is 27.8. The van der Waals surface area contributed by atoms with Crippen LogP contribution < -0.4 is 0 Å². The van der Waals surface area contributed by atoms with Crippen LogP contribution >= 0.6 is 0 Å². The first kappa shape index (κ1) is 28.8. The molecule has 3 saturated carbocycles. The van der Waals surface area contributed by atoms with Crippen LogP contribution in [0.25, 0.3) is 0 Å². The summed E-state index contributed by atoms with van der Waals surface area (Å²) in [5.74, 6) is 1.19. The third-order valence-corrected chi connectivity index (χ3v) is 12.3. The minimum atomic E-state index is -1.08. The van der Waals surface area contributed by atoms with Crippen LogP contribution in [-0.4, -0.2) is 39.8 Å². The van der Waals surface area contributed by atoms with Gasteiger partial charge < -0.3 is 14.9 Å². The van der Waals surface area contributed by atoms with E-state index in [2.05, 4.69) is 41.5 Å². The fraction of sp³-hybridized carbons (Fsp3) is 0.875. The van der Waals surface area contributed by atoms with Gasteiger partial charge in [-0.3, -0.25) is 9.59 Å². The second-order valence-electron chi connectivity index (χ2n) is 15.1. The van der Waals surface area contributed by atoms with E-state index in [1.807, 2.05) is 6.08 Å². The van der Waals surface area contributed by atoms with Crippen molar-refractivity contribution in [2.24, 2.45) is 45.3 Å². The smallest absolute Gasteiger partial charge is 0.302 e. The molecule has 0 aromatic heterocycles. The third-order valence-electron chi connectivity index (χ3n) is 12.3. The summed E-state index contributed by atoms with van der Waals surface area (Å²) in [6.45, 7) is 18.6. The highest BCUT2D eigenvalue weighted by Gasteiger charge is 2.67. The van der Waals surface area contributed by atoms with Crippen LogP contribution in [0.15, 0.2) is 11.6 Å². The topological polar surface area (TPSA) is 83.8 Å². The van der Waals surface area contributed by atoms with Gasteiger partial charge in [0.1, 0.15) is 6.10 Å². The SMILES string of the molecule is CC(=O)O[C@H]1CC[C@]2(C)[C@H]3CC[C@@]4(C)[C@H]([C@@H](C)CC[C@@H](O)C(C)(C)O)CC[C@]4(C)C3=CC(=O)[C@H]2C1(C)C. The van der Waals surface area contributed by atoms with Gasteiger partial charge in [-0.1, -0.05) is 47.1 Å². The number of hydrogen-bond donors (Lipinski definition) is 2. The fourth-order valence-corrected chi connectivity index (χ4v) is 9.92. The molecule has 0 unspecified atom stereocenters. The lowest BCUT2D eigenvalue weighted by Crippen LogP contribution is -2.61. The number of allylic oxidation sites excluding steroid dienone is 2. The first-order chi connectivity index (χ1) is 16.9. The molecule has 4 aliphatic carbocycles. The van der Waals surface area contributed by atoms with Crippen molar-refractivity contribution in [3.63, 3.8) is 0 Å². The molecule has 4 rings (SSSR count). The standard InChI is InChI=1S/C32H52O5/c1-19(10-11-25(35)29(5,6)36)21-12-16-32(9)23-18-24(34)27-28(3,4)26(37-20(2)33)14-15-30(27,7)22(23)13-17-31(21,32)8/h18-19,21-22,25-27,35-36H,10-17H2,1-9H3/t19-,21-,22-,25+,26-,27-,30+,31-,32+/m0/s1. The van der Waals surface area contributed by atoms with Crippen LogP contribution in [0.2, 0.25) is 0 Å². The van der Waals surface area contributed by atoms with Crippen LogP contribution in [0.5, 0.6) is 0 Å². The highest BCUT2D eigenvalue weighted by molar-refractivity contribution is 5.95. The zero-order valence-electron chi connectivity index (χ0n) is 24.8. The monoisotopic (exact) mass is 516 g/mol. The van der Waals surface area contributed by atoms with Gasteiger partial charge in [0.2, 0.25) is 0 Å². The van der Waals surface area contributed by atoms with Crippen molar-refractivity contribution < 1.29 is 24.5 Å².